The quantitative estimate of drug-likeness (QED) is 0.274. The first kappa shape index (κ1) is 16.9. The molecule has 140 valence electrons. The second-order valence-electron chi connectivity index (χ2n) is 8.39. The van der Waals surface area contributed by atoms with Crippen LogP contribution in [0.2, 0.25) is 5.02 Å². The van der Waals surface area contributed by atoms with E-state index in [1.807, 2.05) is 6.07 Å². The van der Waals surface area contributed by atoms with Crippen LogP contribution in [0.25, 0.3) is 38.6 Å². The lowest BCUT2D eigenvalue weighted by molar-refractivity contribution is 0.666. The molecule has 0 N–H and O–H groups in total. The van der Waals surface area contributed by atoms with Gasteiger partial charge in [-0.1, -0.05) is 74.0 Å². The number of para-hydroxylation sites is 2. The highest BCUT2D eigenvalue weighted by atomic mass is 35.5. The third kappa shape index (κ3) is 2.17. The third-order valence-electron chi connectivity index (χ3n) is 6.42. The zero-order valence-corrected chi connectivity index (χ0v) is 17.2. The van der Waals surface area contributed by atoms with Gasteiger partial charge in [0.05, 0.1) is 11.0 Å². The Kier molecular flexibility index (Phi) is 3.34. The highest BCUT2D eigenvalue weighted by molar-refractivity contribution is 6.30. The number of hydrogen-bond donors (Lipinski definition) is 0. The highest BCUT2D eigenvalue weighted by Gasteiger charge is 2.38. The standard InChI is InChI=1S/C27H20ClN/c1-27(2)22-16-17(28)12-13-19(22)20-14-15-24-25(26(20)27)21-10-6-7-11-23(21)29(24)18-8-4-3-5-9-18/h3-16H,1-2H3. The van der Waals surface area contributed by atoms with E-state index in [0.29, 0.717) is 0 Å². The molecule has 0 radical (unpaired) electrons. The average Bonchev–Trinajstić information content (AvgIpc) is 3.18. The van der Waals surface area contributed by atoms with Crippen molar-refractivity contribution < 1.29 is 0 Å². The zero-order chi connectivity index (χ0) is 19.8. The predicted octanol–water partition coefficient (Wildman–Crippen LogP) is 7.74. The number of aromatic nitrogens is 1. The first-order valence-electron chi connectivity index (χ1n) is 10.00. The molecule has 1 aliphatic rings. The molecule has 0 amide bonds. The first-order chi connectivity index (χ1) is 14.1. The van der Waals surface area contributed by atoms with Gasteiger partial charge in [-0.05, 0) is 58.7 Å². The van der Waals surface area contributed by atoms with Gasteiger partial charge in [0.25, 0.3) is 0 Å². The van der Waals surface area contributed by atoms with Crippen molar-refractivity contribution in [2.45, 2.75) is 19.3 Å². The summed E-state index contributed by atoms with van der Waals surface area (Å²) in [4.78, 5) is 0. The summed E-state index contributed by atoms with van der Waals surface area (Å²) < 4.78 is 2.39. The van der Waals surface area contributed by atoms with Crippen molar-refractivity contribution in [1.29, 1.82) is 0 Å². The summed E-state index contributed by atoms with van der Waals surface area (Å²) >= 11 is 6.39. The SMILES string of the molecule is CC1(C)c2cc(Cl)ccc2-c2ccc3c(c21)c1ccccc1n3-c1ccccc1. The second kappa shape index (κ2) is 5.75. The van der Waals surface area contributed by atoms with Gasteiger partial charge in [-0.15, -0.1) is 0 Å². The van der Waals surface area contributed by atoms with Gasteiger partial charge in [-0.2, -0.15) is 0 Å². The normalized spacial score (nSPS) is 14.3. The van der Waals surface area contributed by atoms with E-state index in [4.69, 9.17) is 11.6 Å². The summed E-state index contributed by atoms with van der Waals surface area (Å²) in [5, 5.41) is 3.45. The van der Waals surface area contributed by atoms with Crippen LogP contribution in [0, 0.1) is 0 Å². The largest absolute Gasteiger partial charge is 0.309 e. The molecule has 1 heterocycles. The average molecular weight is 394 g/mol. The van der Waals surface area contributed by atoms with Crippen molar-refractivity contribution in [2.75, 3.05) is 0 Å². The van der Waals surface area contributed by atoms with Gasteiger partial charge in [-0.3, -0.25) is 0 Å². The fourth-order valence-corrected chi connectivity index (χ4v) is 5.36. The summed E-state index contributed by atoms with van der Waals surface area (Å²) in [7, 11) is 0. The molecule has 6 rings (SSSR count). The minimum absolute atomic E-state index is 0.110. The number of nitrogens with zero attached hydrogens (tertiary/aromatic N) is 1. The fourth-order valence-electron chi connectivity index (χ4n) is 5.19. The van der Waals surface area contributed by atoms with Gasteiger partial charge >= 0.3 is 0 Å². The Hall–Kier alpha value is -3.03. The van der Waals surface area contributed by atoms with Crippen molar-refractivity contribution in [3.05, 3.63) is 101 Å². The molecule has 0 saturated heterocycles. The third-order valence-corrected chi connectivity index (χ3v) is 6.66. The Morgan fingerprint density at radius 2 is 1.45 bits per heavy atom. The first-order valence-corrected chi connectivity index (χ1v) is 10.4. The van der Waals surface area contributed by atoms with E-state index in [0.717, 1.165) is 5.02 Å². The van der Waals surface area contributed by atoms with Gasteiger partial charge in [0, 0.05) is 26.9 Å². The zero-order valence-electron chi connectivity index (χ0n) is 16.4. The predicted molar refractivity (Wildman–Crippen MR) is 123 cm³/mol. The van der Waals surface area contributed by atoms with Crippen LogP contribution in [0.15, 0.2) is 84.9 Å². The minimum Gasteiger partial charge on any atom is -0.309 e. The van der Waals surface area contributed by atoms with Crippen LogP contribution in [-0.4, -0.2) is 4.57 Å². The van der Waals surface area contributed by atoms with E-state index in [-0.39, 0.29) is 5.41 Å². The maximum Gasteiger partial charge on any atom is 0.0544 e. The molecule has 4 aromatic carbocycles. The van der Waals surface area contributed by atoms with Crippen molar-refractivity contribution in [2.24, 2.45) is 0 Å². The summed E-state index contributed by atoms with van der Waals surface area (Å²) in [5.41, 5.74) is 8.91. The summed E-state index contributed by atoms with van der Waals surface area (Å²) in [6.45, 7) is 4.64. The van der Waals surface area contributed by atoms with Crippen molar-refractivity contribution in [3.63, 3.8) is 0 Å². The van der Waals surface area contributed by atoms with Gasteiger partial charge in [0.2, 0.25) is 0 Å². The Morgan fingerprint density at radius 1 is 0.724 bits per heavy atom. The van der Waals surface area contributed by atoms with Crippen LogP contribution >= 0.6 is 11.6 Å². The van der Waals surface area contributed by atoms with Gasteiger partial charge in [-0.25, -0.2) is 0 Å². The Labute approximate surface area is 175 Å². The number of rotatable bonds is 1. The Morgan fingerprint density at radius 3 is 2.28 bits per heavy atom. The summed E-state index contributed by atoms with van der Waals surface area (Å²) in [6, 6.07) is 30.3. The van der Waals surface area contributed by atoms with E-state index in [2.05, 4.69) is 97.3 Å². The molecular formula is C27H20ClN. The maximum absolute atomic E-state index is 6.39. The van der Waals surface area contributed by atoms with Crippen LogP contribution in [0.4, 0.5) is 0 Å². The van der Waals surface area contributed by atoms with E-state index in [1.165, 1.54) is 49.7 Å². The summed E-state index contributed by atoms with van der Waals surface area (Å²) in [5.74, 6) is 0. The maximum atomic E-state index is 6.39. The molecule has 0 unspecified atom stereocenters. The van der Waals surface area contributed by atoms with Crippen LogP contribution in [0.5, 0.6) is 0 Å². The van der Waals surface area contributed by atoms with Crippen molar-refractivity contribution in [1.82, 2.24) is 4.57 Å². The number of benzene rings is 4. The van der Waals surface area contributed by atoms with E-state index in [9.17, 15) is 0 Å². The molecule has 0 aliphatic heterocycles. The van der Waals surface area contributed by atoms with E-state index < -0.39 is 0 Å². The molecule has 1 aliphatic carbocycles. The lowest BCUT2D eigenvalue weighted by atomic mass is 9.80. The smallest absolute Gasteiger partial charge is 0.0544 e. The molecule has 0 fully saturated rings. The number of hydrogen-bond acceptors (Lipinski definition) is 0. The molecule has 0 bridgehead atoms. The highest BCUT2D eigenvalue weighted by Crippen LogP contribution is 2.53. The number of fused-ring (bicyclic) bond motifs is 7. The molecule has 0 saturated carbocycles. The van der Waals surface area contributed by atoms with Crippen molar-refractivity contribution >= 4 is 33.4 Å². The molecular weight excluding hydrogens is 374 g/mol. The van der Waals surface area contributed by atoms with Gasteiger partial charge in [0.1, 0.15) is 0 Å². The van der Waals surface area contributed by atoms with Crippen molar-refractivity contribution in [3.8, 4) is 16.8 Å². The molecule has 0 spiro atoms. The topological polar surface area (TPSA) is 4.93 Å². The molecule has 1 aromatic heterocycles. The number of halogens is 1. The van der Waals surface area contributed by atoms with E-state index in [1.54, 1.807) is 0 Å². The monoisotopic (exact) mass is 393 g/mol. The second-order valence-corrected chi connectivity index (χ2v) is 8.82. The Balaban J connectivity index is 1.81. The van der Waals surface area contributed by atoms with Crippen LogP contribution in [-0.2, 0) is 5.41 Å². The van der Waals surface area contributed by atoms with Gasteiger partial charge < -0.3 is 4.57 Å². The lowest BCUT2D eigenvalue weighted by Gasteiger charge is -2.23. The molecule has 29 heavy (non-hydrogen) atoms. The molecule has 0 atom stereocenters. The molecule has 2 heteroatoms. The van der Waals surface area contributed by atoms with Crippen LogP contribution in [0.3, 0.4) is 0 Å². The molecule has 1 nitrogen and oxygen atoms in total. The summed E-state index contributed by atoms with van der Waals surface area (Å²) in [6.07, 6.45) is 0. The lowest BCUT2D eigenvalue weighted by Crippen LogP contribution is -2.15. The van der Waals surface area contributed by atoms with Crippen LogP contribution < -0.4 is 0 Å². The Bertz CT molecular complexity index is 1420. The van der Waals surface area contributed by atoms with Gasteiger partial charge in [0.15, 0.2) is 0 Å². The van der Waals surface area contributed by atoms with E-state index >= 15 is 0 Å². The molecule has 5 aromatic rings. The van der Waals surface area contributed by atoms with Crippen LogP contribution in [0.1, 0.15) is 25.0 Å². The minimum atomic E-state index is -0.110. The fraction of sp³-hybridized carbons (Fsp3) is 0.111.